The van der Waals surface area contributed by atoms with Crippen LogP contribution in [-0.2, 0) is 4.79 Å². The molecule has 0 aliphatic carbocycles. The van der Waals surface area contributed by atoms with Gasteiger partial charge < -0.3 is 19.5 Å². The van der Waals surface area contributed by atoms with Crippen molar-refractivity contribution in [2.75, 3.05) is 21.3 Å². The molecule has 0 saturated heterocycles. The lowest BCUT2D eigenvalue weighted by Gasteiger charge is -2.17. The molecule has 0 spiro atoms. The molecule has 0 heterocycles. The van der Waals surface area contributed by atoms with Gasteiger partial charge in [-0.1, -0.05) is 6.07 Å². The molecule has 0 fully saturated rings. The van der Waals surface area contributed by atoms with Gasteiger partial charge in [0.2, 0.25) is 5.91 Å². The van der Waals surface area contributed by atoms with Gasteiger partial charge >= 0.3 is 0 Å². The van der Waals surface area contributed by atoms with Crippen LogP contribution in [0.5, 0.6) is 17.2 Å². The van der Waals surface area contributed by atoms with Crippen molar-refractivity contribution in [3.05, 3.63) is 59.4 Å². The van der Waals surface area contributed by atoms with Crippen LogP contribution in [0.25, 0.3) is 6.08 Å². The molecule has 138 valence electrons. The maximum atomic E-state index is 13.7. The molecule has 2 aromatic carbocycles. The zero-order valence-corrected chi connectivity index (χ0v) is 15.2. The highest BCUT2D eigenvalue weighted by Crippen LogP contribution is 2.29. The van der Waals surface area contributed by atoms with Gasteiger partial charge in [0.1, 0.15) is 11.5 Å². The first-order valence-electron chi connectivity index (χ1n) is 8.02. The van der Waals surface area contributed by atoms with Crippen molar-refractivity contribution in [2.45, 2.75) is 13.0 Å². The quantitative estimate of drug-likeness (QED) is 0.765. The van der Waals surface area contributed by atoms with Crippen molar-refractivity contribution < 1.29 is 23.4 Å². The summed E-state index contributed by atoms with van der Waals surface area (Å²) in [6.07, 6.45) is 2.89. The van der Waals surface area contributed by atoms with E-state index in [2.05, 4.69) is 5.32 Å². The van der Waals surface area contributed by atoms with Gasteiger partial charge in [-0.05, 0) is 48.9 Å². The molecule has 0 saturated carbocycles. The molecule has 0 aromatic heterocycles. The van der Waals surface area contributed by atoms with Gasteiger partial charge in [0, 0.05) is 11.6 Å². The molecule has 1 N–H and O–H groups in total. The number of amides is 1. The SMILES string of the molecule is COc1ccc(OC)c([C@@H](C)NC(=O)/C=C/c2ccc(OC)c(F)c2)c1. The first-order chi connectivity index (χ1) is 12.5. The largest absolute Gasteiger partial charge is 0.497 e. The lowest BCUT2D eigenvalue weighted by Crippen LogP contribution is -2.25. The fraction of sp³-hybridized carbons (Fsp3) is 0.250. The average molecular weight is 359 g/mol. The molecule has 6 heteroatoms. The van der Waals surface area contributed by atoms with Crippen LogP contribution in [0.4, 0.5) is 4.39 Å². The second kappa shape index (κ2) is 8.89. The molecule has 26 heavy (non-hydrogen) atoms. The second-order valence-electron chi connectivity index (χ2n) is 5.57. The predicted molar refractivity (Wildman–Crippen MR) is 98.1 cm³/mol. The third kappa shape index (κ3) is 4.75. The van der Waals surface area contributed by atoms with Crippen molar-refractivity contribution in [2.24, 2.45) is 0 Å². The van der Waals surface area contributed by atoms with E-state index >= 15 is 0 Å². The summed E-state index contributed by atoms with van der Waals surface area (Å²) in [5.74, 6) is 0.694. The monoisotopic (exact) mass is 359 g/mol. The van der Waals surface area contributed by atoms with E-state index in [1.54, 1.807) is 32.4 Å². The van der Waals surface area contributed by atoms with E-state index in [0.717, 1.165) is 5.56 Å². The van der Waals surface area contributed by atoms with Crippen molar-refractivity contribution in [1.82, 2.24) is 5.32 Å². The lowest BCUT2D eigenvalue weighted by atomic mass is 10.1. The van der Waals surface area contributed by atoms with Gasteiger partial charge in [-0.3, -0.25) is 4.79 Å². The standard InChI is InChI=1S/C20H22FNO4/c1-13(16-12-15(24-2)7-9-18(16)25-3)22-20(23)10-6-14-5-8-19(26-4)17(21)11-14/h5-13H,1-4H3,(H,22,23)/b10-6+/t13-/m1/s1. The Bertz CT molecular complexity index is 804. The Morgan fingerprint density at radius 2 is 1.73 bits per heavy atom. The fourth-order valence-electron chi connectivity index (χ4n) is 2.48. The smallest absolute Gasteiger partial charge is 0.244 e. The van der Waals surface area contributed by atoms with E-state index in [1.165, 1.54) is 31.4 Å². The number of rotatable bonds is 7. The van der Waals surface area contributed by atoms with Crippen molar-refractivity contribution >= 4 is 12.0 Å². The highest BCUT2D eigenvalue weighted by Gasteiger charge is 2.14. The van der Waals surface area contributed by atoms with Crippen molar-refractivity contribution in [1.29, 1.82) is 0 Å². The maximum Gasteiger partial charge on any atom is 0.244 e. The first-order valence-corrected chi connectivity index (χ1v) is 8.02. The molecule has 0 aliphatic rings. The minimum atomic E-state index is -0.482. The highest BCUT2D eigenvalue weighted by atomic mass is 19.1. The molecular weight excluding hydrogens is 337 g/mol. The number of carbonyl (C=O) groups excluding carboxylic acids is 1. The number of carbonyl (C=O) groups is 1. The summed E-state index contributed by atoms with van der Waals surface area (Å²) in [5.41, 5.74) is 1.36. The van der Waals surface area contributed by atoms with Crippen LogP contribution in [0.1, 0.15) is 24.1 Å². The van der Waals surface area contributed by atoms with Crippen LogP contribution in [0, 0.1) is 5.82 Å². The minimum Gasteiger partial charge on any atom is -0.497 e. The van der Waals surface area contributed by atoms with Gasteiger partial charge in [0.25, 0.3) is 0 Å². The summed E-state index contributed by atoms with van der Waals surface area (Å²) in [6, 6.07) is 9.56. The van der Waals surface area contributed by atoms with Crippen LogP contribution in [0.3, 0.4) is 0 Å². The lowest BCUT2D eigenvalue weighted by molar-refractivity contribution is -0.117. The van der Waals surface area contributed by atoms with Crippen LogP contribution in [-0.4, -0.2) is 27.2 Å². The van der Waals surface area contributed by atoms with Crippen LogP contribution < -0.4 is 19.5 Å². The second-order valence-corrected chi connectivity index (χ2v) is 5.57. The molecule has 0 aliphatic heterocycles. The predicted octanol–water partition coefficient (Wildman–Crippen LogP) is 3.74. The van der Waals surface area contributed by atoms with Gasteiger partial charge in [0.15, 0.2) is 11.6 Å². The number of ether oxygens (including phenoxy) is 3. The van der Waals surface area contributed by atoms with E-state index in [4.69, 9.17) is 14.2 Å². The Kier molecular flexibility index (Phi) is 6.60. The van der Waals surface area contributed by atoms with Crippen LogP contribution in [0.2, 0.25) is 0 Å². The van der Waals surface area contributed by atoms with Crippen LogP contribution in [0.15, 0.2) is 42.5 Å². The van der Waals surface area contributed by atoms with E-state index in [-0.39, 0.29) is 17.7 Å². The Labute approximate surface area is 152 Å². The first kappa shape index (κ1) is 19.3. The molecule has 0 unspecified atom stereocenters. The molecular formula is C20H22FNO4. The Morgan fingerprint density at radius 3 is 2.35 bits per heavy atom. The molecule has 1 atom stereocenters. The van der Waals surface area contributed by atoms with E-state index in [1.807, 2.05) is 13.0 Å². The molecule has 5 nitrogen and oxygen atoms in total. The van der Waals surface area contributed by atoms with Gasteiger partial charge in [-0.25, -0.2) is 4.39 Å². The molecule has 1 amide bonds. The summed E-state index contributed by atoms with van der Waals surface area (Å²) in [4.78, 5) is 12.2. The summed E-state index contributed by atoms with van der Waals surface area (Å²) in [5, 5.41) is 2.85. The molecule has 2 aromatic rings. The Balaban J connectivity index is 2.08. The summed E-state index contributed by atoms with van der Waals surface area (Å²) in [7, 11) is 4.54. The molecule has 0 radical (unpaired) electrons. The number of methoxy groups -OCH3 is 3. The average Bonchev–Trinajstić information content (AvgIpc) is 2.65. The third-order valence-corrected chi connectivity index (χ3v) is 3.87. The Morgan fingerprint density at radius 1 is 1.04 bits per heavy atom. The summed E-state index contributed by atoms with van der Waals surface area (Å²) < 4.78 is 29.1. The summed E-state index contributed by atoms with van der Waals surface area (Å²) >= 11 is 0. The van der Waals surface area contributed by atoms with E-state index in [9.17, 15) is 9.18 Å². The molecule has 2 rings (SSSR count). The van der Waals surface area contributed by atoms with Crippen molar-refractivity contribution in [3.63, 3.8) is 0 Å². The minimum absolute atomic E-state index is 0.158. The summed E-state index contributed by atoms with van der Waals surface area (Å²) in [6.45, 7) is 1.84. The van der Waals surface area contributed by atoms with Gasteiger partial charge in [-0.15, -0.1) is 0 Å². The zero-order chi connectivity index (χ0) is 19.1. The van der Waals surface area contributed by atoms with E-state index in [0.29, 0.717) is 17.1 Å². The number of hydrogen-bond acceptors (Lipinski definition) is 4. The number of benzene rings is 2. The number of nitrogens with one attached hydrogen (secondary N) is 1. The van der Waals surface area contributed by atoms with Crippen LogP contribution >= 0.6 is 0 Å². The van der Waals surface area contributed by atoms with Gasteiger partial charge in [0.05, 0.1) is 27.4 Å². The molecule has 0 bridgehead atoms. The zero-order valence-electron chi connectivity index (χ0n) is 15.2. The number of halogens is 1. The fourth-order valence-corrected chi connectivity index (χ4v) is 2.48. The van der Waals surface area contributed by atoms with Gasteiger partial charge in [-0.2, -0.15) is 0 Å². The maximum absolute atomic E-state index is 13.7. The Hall–Kier alpha value is -3.02. The van der Waals surface area contributed by atoms with Crippen molar-refractivity contribution in [3.8, 4) is 17.2 Å². The van der Waals surface area contributed by atoms with E-state index < -0.39 is 5.82 Å². The normalized spacial score (nSPS) is 11.9. The number of hydrogen-bond donors (Lipinski definition) is 1. The topological polar surface area (TPSA) is 56.8 Å². The third-order valence-electron chi connectivity index (χ3n) is 3.87. The highest BCUT2D eigenvalue weighted by molar-refractivity contribution is 5.92.